The topological polar surface area (TPSA) is 52.1 Å². The molecule has 1 heterocycles. The van der Waals surface area contributed by atoms with Gasteiger partial charge in [-0.05, 0) is 50.5 Å². The van der Waals surface area contributed by atoms with E-state index in [1.165, 1.54) is 18.2 Å². The SMILES string of the molecule is Cc1cc(C)nc(SCC(=O)O[C@@H]2C[C@@H](C)CC[C@H]2C(C)C)n1. The molecule has 0 unspecified atom stereocenters. The minimum Gasteiger partial charge on any atom is -0.461 e. The molecule has 1 aromatic rings. The molecule has 0 radical (unpaired) electrons. The summed E-state index contributed by atoms with van der Waals surface area (Å²) in [6, 6.07) is 1.93. The fourth-order valence-electron chi connectivity index (χ4n) is 3.33. The summed E-state index contributed by atoms with van der Waals surface area (Å²) in [6.07, 6.45) is 3.44. The van der Waals surface area contributed by atoms with Crippen molar-refractivity contribution in [2.24, 2.45) is 17.8 Å². The number of thioether (sulfide) groups is 1. The number of carbonyl (C=O) groups excluding carboxylic acids is 1. The van der Waals surface area contributed by atoms with E-state index >= 15 is 0 Å². The van der Waals surface area contributed by atoms with Gasteiger partial charge in [0.2, 0.25) is 0 Å². The van der Waals surface area contributed by atoms with Gasteiger partial charge in [0.05, 0.1) is 5.75 Å². The minimum absolute atomic E-state index is 0.0620. The van der Waals surface area contributed by atoms with Crippen LogP contribution in [-0.2, 0) is 9.53 Å². The lowest BCUT2D eigenvalue weighted by molar-refractivity contribution is -0.152. The smallest absolute Gasteiger partial charge is 0.316 e. The summed E-state index contributed by atoms with van der Waals surface area (Å²) in [5.41, 5.74) is 1.85. The second kappa shape index (κ2) is 8.13. The van der Waals surface area contributed by atoms with E-state index in [0.717, 1.165) is 24.2 Å². The molecule has 0 bridgehead atoms. The Morgan fingerprint density at radius 3 is 2.57 bits per heavy atom. The summed E-state index contributed by atoms with van der Waals surface area (Å²) in [7, 11) is 0. The van der Waals surface area contributed by atoms with Crippen molar-refractivity contribution in [1.82, 2.24) is 9.97 Å². The Balaban J connectivity index is 1.90. The van der Waals surface area contributed by atoms with Crippen molar-refractivity contribution in [2.45, 2.75) is 65.1 Å². The van der Waals surface area contributed by atoms with Crippen LogP contribution in [0.15, 0.2) is 11.2 Å². The van der Waals surface area contributed by atoms with Gasteiger partial charge in [-0.3, -0.25) is 4.79 Å². The van der Waals surface area contributed by atoms with Gasteiger partial charge in [-0.1, -0.05) is 39.0 Å². The summed E-state index contributed by atoms with van der Waals surface area (Å²) in [5.74, 6) is 1.80. The molecule has 1 fully saturated rings. The first-order chi connectivity index (χ1) is 10.8. The van der Waals surface area contributed by atoms with Crippen LogP contribution in [0.4, 0.5) is 0 Å². The molecule has 5 heteroatoms. The zero-order valence-corrected chi connectivity index (χ0v) is 15.7. The molecule has 128 valence electrons. The van der Waals surface area contributed by atoms with Crippen LogP contribution in [0.3, 0.4) is 0 Å². The average molecular weight is 337 g/mol. The summed E-state index contributed by atoms with van der Waals surface area (Å²) in [4.78, 5) is 20.9. The van der Waals surface area contributed by atoms with E-state index in [9.17, 15) is 4.79 Å². The van der Waals surface area contributed by atoms with E-state index in [0.29, 0.717) is 22.9 Å². The molecule has 23 heavy (non-hydrogen) atoms. The molecule has 0 spiro atoms. The third-order valence-corrected chi connectivity index (χ3v) is 5.35. The van der Waals surface area contributed by atoms with Crippen LogP contribution in [-0.4, -0.2) is 27.8 Å². The van der Waals surface area contributed by atoms with E-state index in [4.69, 9.17) is 4.74 Å². The Kier molecular flexibility index (Phi) is 6.45. The molecule has 3 atom stereocenters. The highest BCUT2D eigenvalue weighted by atomic mass is 32.2. The lowest BCUT2D eigenvalue weighted by atomic mass is 9.75. The summed E-state index contributed by atoms with van der Waals surface area (Å²) >= 11 is 1.36. The predicted molar refractivity (Wildman–Crippen MR) is 93.5 cm³/mol. The van der Waals surface area contributed by atoms with Gasteiger partial charge in [0.25, 0.3) is 0 Å². The maximum absolute atomic E-state index is 12.2. The van der Waals surface area contributed by atoms with Crippen LogP contribution < -0.4 is 0 Å². The van der Waals surface area contributed by atoms with Crippen LogP contribution in [0.1, 0.15) is 51.4 Å². The quantitative estimate of drug-likeness (QED) is 0.458. The lowest BCUT2D eigenvalue weighted by Crippen LogP contribution is -2.36. The zero-order valence-electron chi connectivity index (χ0n) is 14.8. The highest BCUT2D eigenvalue weighted by molar-refractivity contribution is 7.99. The monoisotopic (exact) mass is 336 g/mol. The number of rotatable bonds is 5. The lowest BCUT2D eigenvalue weighted by Gasteiger charge is -2.36. The Morgan fingerprint density at radius 2 is 1.96 bits per heavy atom. The highest BCUT2D eigenvalue weighted by Gasteiger charge is 2.33. The van der Waals surface area contributed by atoms with Crippen molar-refractivity contribution in [3.8, 4) is 0 Å². The van der Waals surface area contributed by atoms with Gasteiger partial charge in [-0.25, -0.2) is 9.97 Å². The summed E-state index contributed by atoms with van der Waals surface area (Å²) in [6.45, 7) is 10.6. The van der Waals surface area contributed by atoms with E-state index in [1.54, 1.807) is 0 Å². The second-order valence-corrected chi connectivity index (χ2v) is 8.02. The van der Waals surface area contributed by atoms with Crippen molar-refractivity contribution >= 4 is 17.7 Å². The number of ether oxygens (including phenoxy) is 1. The van der Waals surface area contributed by atoms with Crippen molar-refractivity contribution < 1.29 is 9.53 Å². The van der Waals surface area contributed by atoms with Gasteiger partial charge in [-0.15, -0.1) is 0 Å². The van der Waals surface area contributed by atoms with Gasteiger partial charge in [0.1, 0.15) is 6.10 Å². The van der Waals surface area contributed by atoms with Crippen LogP contribution in [0, 0.1) is 31.6 Å². The molecular formula is C18H28N2O2S. The number of nitrogens with zero attached hydrogens (tertiary/aromatic N) is 2. The third-order valence-electron chi connectivity index (χ3n) is 4.53. The Bertz CT molecular complexity index is 528. The first-order valence-electron chi connectivity index (χ1n) is 8.49. The average Bonchev–Trinajstić information content (AvgIpc) is 2.44. The molecule has 0 aromatic carbocycles. The molecule has 0 N–H and O–H groups in total. The second-order valence-electron chi connectivity index (χ2n) is 7.08. The molecule has 1 saturated carbocycles. The molecule has 0 aliphatic heterocycles. The van der Waals surface area contributed by atoms with E-state index < -0.39 is 0 Å². The summed E-state index contributed by atoms with van der Waals surface area (Å²) < 4.78 is 5.80. The van der Waals surface area contributed by atoms with Crippen molar-refractivity contribution in [3.05, 3.63) is 17.5 Å². The Hall–Kier alpha value is -1.10. The number of carbonyl (C=O) groups is 1. The molecule has 1 aliphatic carbocycles. The number of aromatic nitrogens is 2. The van der Waals surface area contributed by atoms with Crippen molar-refractivity contribution in [1.29, 1.82) is 0 Å². The van der Waals surface area contributed by atoms with E-state index in [-0.39, 0.29) is 17.8 Å². The minimum atomic E-state index is -0.150. The maximum atomic E-state index is 12.2. The molecule has 1 aliphatic rings. The van der Waals surface area contributed by atoms with Gasteiger partial charge >= 0.3 is 5.97 Å². The van der Waals surface area contributed by atoms with Crippen molar-refractivity contribution in [3.63, 3.8) is 0 Å². The summed E-state index contributed by atoms with van der Waals surface area (Å²) in [5, 5.41) is 0.650. The fraction of sp³-hybridized carbons (Fsp3) is 0.722. The van der Waals surface area contributed by atoms with Gasteiger partial charge in [0.15, 0.2) is 5.16 Å². The number of esters is 1. The fourth-order valence-corrected chi connectivity index (χ4v) is 4.07. The van der Waals surface area contributed by atoms with Gasteiger partial charge in [0, 0.05) is 11.4 Å². The molecule has 1 aromatic heterocycles. The normalized spacial score (nSPS) is 24.7. The maximum Gasteiger partial charge on any atom is 0.316 e. The van der Waals surface area contributed by atoms with Crippen LogP contribution in [0.5, 0.6) is 0 Å². The number of aryl methyl sites for hydroxylation is 2. The molecule has 4 nitrogen and oxygen atoms in total. The van der Waals surface area contributed by atoms with Gasteiger partial charge in [-0.2, -0.15) is 0 Å². The number of hydrogen-bond acceptors (Lipinski definition) is 5. The molecule has 0 saturated heterocycles. The van der Waals surface area contributed by atoms with E-state index in [1.807, 2.05) is 19.9 Å². The van der Waals surface area contributed by atoms with Crippen LogP contribution in [0.25, 0.3) is 0 Å². The van der Waals surface area contributed by atoms with Crippen LogP contribution in [0.2, 0.25) is 0 Å². The first-order valence-corrected chi connectivity index (χ1v) is 9.48. The van der Waals surface area contributed by atoms with Crippen molar-refractivity contribution in [2.75, 3.05) is 5.75 Å². The third kappa shape index (κ3) is 5.48. The van der Waals surface area contributed by atoms with Gasteiger partial charge < -0.3 is 4.74 Å². The molecule has 2 rings (SSSR count). The Labute approximate surface area is 143 Å². The first kappa shape index (κ1) is 18.2. The highest BCUT2D eigenvalue weighted by Crippen LogP contribution is 2.35. The van der Waals surface area contributed by atoms with E-state index in [2.05, 4.69) is 30.7 Å². The zero-order chi connectivity index (χ0) is 17.0. The largest absolute Gasteiger partial charge is 0.461 e. The standard InChI is InChI=1S/C18H28N2O2S/c1-11(2)15-7-6-12(3)8-16(15)22-17(21)10-23-18-19-13(4)9-14(5)20-18/h9,11-12,15-16H,6-8,10H2,1-5H3/t12-,15-,16+/m0/s1. The number of hydrogen-bond donors (Lipinski definition) is 0. The Morgan fingerprint density at radius 1 is 1.30 bits per heavy atom. The predicted octanol–water partition coefficient (Wildman–Crippen LogP) is 4.19. The van der Waals surface area contributed by atoms with Crippen LogP contribution >= 0.6 is 11.8 Å². The molecule has 0 amide bonds. The molecular weight excluding hydrogens is 308 g/mol.